The topological polar surface area (TPSA) is 48.0 Å². The molecule has 21 heavy (non-hydrogen) atoms. The first kappa shape index (κ1) is 15.6. The molecule has 1 saturated heterocycles. The molecule has 2 rings (SSSR count). The maximum atomic E-state index is 12.7. The van der Waals surface area contributed by atoms with Gasteiger partial charge in [0.15, 0.2) is 11.5 Å². The maximum Gasteiger partial charge on any atom is 0.254 e. The monoisotopic (exact) mass is 293 g/mol. The summed E-state index contributed by atoms with van der Waals surface area (Å²) in [5.41, 5.74) is 0.298. The second kappa shape index (κ2) is 6.35. The van der Waals surface area contributed by atoms with Gasteiger partial charge in [0.05, 0.1) is 32.5 Å². The molecule has 0 aromatic heterocycles. The average molecular weight is 293 g/mol. The van der Waals surface area contributed by atoms with E-state index in [0.717, 1.165) is 0 Å². The average Bonchev–Trinajstić information content (AvgIpc) is 2.47. The Balaban J connectivity index is 2.26. The summed E-state index contributed by atoms with van der Waals surface area (Å²) in [6.07, 6.45) is 0. The number of rotatable bonds is 4. The molecule has 0 spiro atoms. The zero-order valence-corrected chi connectivity index (χ0v) is 13.1. The number of morpholine rings is 1. The van der Waals surface area contributed by atoms with Crippen molar-refractivity contribution in [3.05, 3.63) is 23.8 Å². The van der Waals surface area contributed by atoms with Gasteiger partial charge in [-0.25, -0.2) is 0 Å². The van der Waals surface area contributed by atoms with E-state index in [-0.39, 0.29) is 11.4 Å². The highest BCUT2D eigenvalue weighted by molar-refractivity contribution is 5.95. The third kappa shape index (κ3) is 3.29. The van der Waals surface area contributed by atoms with Gasteiger partial charge in [0, 0.05) is 12.1 Å². The number of hydrogen-bond acceptors (Lipinski definition) is 4. The van der Waals surface area contributed by atoms with Crippen molar-refractivity contribution in [1.82, 2.24) is 4.90 Å². The molecule has 0 bridgehead atoms. The molecule has 0 atom stereocenters. The van der Waals surface area contributed by atoms with E-state index in [9.17, 15) is 4.79 Å². The van der Waals surface area contributed by atoms with Gasteiger partial charge < -0.3 is 19.1 Å². The van der Waals surface area contributed by atoms with Crippen LogP contribution in [0.3, 0.4) is 0 Å². The van der Waals surface area contributed by atoms with Crippen molar-refractivity contribution in [3.63, 3.8) is 0 Å². The molecule has 5 heteroatoms. The summed E-state index contributed by atoms with van der Waals surface area (Å²) in [5, 5.41) is 0. The zero-order chi connectivity index (χ0) is 15.5. The highest BCUT2D eigenvalue weighted by Crippen LogP contribution is 2.30. The quantitative estimate of drug-likeness (QED) is 0.855. The molecule has 0 aliphatic carbocycles. The van der Waals surface area contributed by atoms with Crippen LogP contribution in [-0.4, -0.2) is 49.8 Å². The van der Waals surface area contributed by atoms with Crippen molar-refractivity contribution in [2.24, 2.45) is 0 Å². The van der Waals surface area contributed by atoms with Gasteiger partial charge in [-0.3, -0.25) is 4.79 Å². The van der Waals surface area contributed by atoms with E-state index in [1.165, 1.54) is 0 Å². The van der Waals surface area contributed by atoms with E-state index in [0.29, 0.717) is 43.4 Å². The van der Waals surface area contributed by atoms with Crippen molar-refractivity contribution < 1.29 is 19.0 Å². The van der Waals surface area contributed by atoms with E-state index >= 15 is 0 Å². The number of carbonyl (C=O) groups is 1. The van der Waals surface area contributed by atoms with Gasteiger partial charge in [-0.2, -0.15) is 0 Å². The summed E-state index contributed by atoms with van der Waals surface area (Å²) in [6, 6.07) is 5.29. The first-order valence-corrected chi connectivity index (χ1v) is 7.20. The Labute approximate surface area is 125 Å². The van der Waals surface area contributed by atoms with Crippen LogP contribution >= 0.6 is 0 Å². The fraction of sp³-hybridized carbons (Fsp3) is 0.562. The highest BCUT2D eigenvalue weighted by Gasteiger charge is 2.34. The summed E-state index contributed by atoms with van der Waals surface area (Å²) in [6.45, 7) is 8.21. The van der Waals surface area contributed by atoms with Gasteiger partial charge in [-0.1, -0.05) is 0 Å². The molecule has 0 unspecified atom stereocenters. The number of ether oxygens (including phenoxy) is 3. The van der Waals surface area contributed by atoms with Crippen LogP contribution in [0.4, 0.5) is 0 Å². The molecule has 1 aliphatic rings. The summed E-state index contributed by atoms with van der Waals surface area (Å²) >= 11 is 0. The summed E-state index contributed by atoms with van der Waals surface area (Å²) < 4.78 is 16.2. The molecule has 1 fully saturated rings. The van der Waals surface area contributed by atoms with Gasteiger partial charge in [-0.05, 0) is 39.0 Å². The minimum atomic E-state index is -0.304. The normalized spacial score (nSPS) is 17.4. The molecule has 1 heterocycles. The molecule has 1 amide bonds. The molecule has 1 aromatic rings. The van der Waals surface area contributed by atoms with Gasteiger partial charge in [0.2, 0.25) is 0 Å². The third-order valence-electron chi connectivity index (χ3n) is 3.60. The number of carbonyl (C=O) groups excluding carboxylic acids is 1. The largest absolute Gasteiger partial charge is 0.493 e. The molecule has 116 valence electrons. The third-order valence-corrected chi connectivity index (χ3v) is 3.60. The maximum absolute atomic E-state index is 12.7. The molecule has 0 saturated carbocycles. The lowest BCUT2D eigenvalue weighted by atomic mass is 10.0. The molecular weight excluding hydrogens is 270 g/mol. The fourth-order valence-corrected chi connectivity index (χ4v) is 2.47. The Bertz CT molecular complexity index is 513. The van der Waals surface area contributed by atoms with Crippen LogP contribution in [0.5, 0.6) is 11.5 Å². The number of amides is 1. The summed E-state index contributed by atoms with van der Waals surface area (Å²) in [5.74, 6) is 1.22. The van der Waals surface area contributed by atoms with E-state index in [1.54, 1.807) is 25.3 Å². The zero-order valence-electron chi connectivity index (χ0n) is 13.1. The Morgan fingerprint density at radius 2 is 2.14 bits per heavy atom. The van der Waals surface area contributed by atoms with E-state index in [4.69, 9.17) is 14.2 Å². The number of nitrogens with zero attached hydrogens (tertiary/aromatic N) is 1. The van der Waals surface area contributed by atoms with Crippen LogP contribution in [0.2, 0.25) is 0 Å². The molecular formula is C16H23NO4. The lowest BCUT2D eigenvalue weighted by Gasteiger charge is -2.42. The van der Waals surface area contributed by atoms with Crippen molar-refractivity contribution >= 4 is 5.91 Å². The van der Waals surface area contributed by atoms with E-state index in [1.807, 2.05) is 25.7 Å². The SMILES string of the molecule is CCOc1ccc(C(=O)N2CCOCC2(C)C)cc1OC. The van der Waals surface area contributed by atoms with Gasteiger partial charge in [0.25, 0.3) is 5.91 Å². The standard InChI is InChI=1S/C16H23NO4/c1-5-21-13-7-6-12(10-14(13)19-4)15(18)17-8-9-20-11-16(17,2)3/h6-7,10H,5,8-9,11H2,1-4H3. The van der Waals surface area contributed by atoms with Crippen molar-refractivity contribution in [1.29, 1.82) is 0 Å². The lowest BCUT2D eigenvalue weighted by molar-refractivity contribution is -0.0370. The molecule has 0 N–H and O–H groups in total. The van der Waals surface area contributed by atoms with Gasteiger partial charge in [0.1, 0.15) is 0 Å². The van der Waals surface area contributed by atoms with Crippen LogP contribution < -0.4 is 9.47 Å². The number of hydrogen-bond donors (Lipinski definition) is 0. The van der Waals surface area contributed by atoms with Crippen LogP contribution in [0.1, 0.15) is 31.1 Å². The Hall–Kier alpha value is -1.75. The Morgan fingerprint density at radius 1 is 1.38 bits per heavy atom. The summed E-state index contributed by atoms with van der Waals surface area (Å²) in [4.78, 5) is 14.6. The first-order valence-electron chi connectivity index (χ1n) is 7.20. The second-order valence-electron chi connectivity index (χ2n) is 5.62. The van der Waals surface area contributed by atoms with Gasteiger partial charge >= 0.3 is 0 Å². The van der Waals surface area contributed by atoms with Crippen LogP contribution in [0.25, 0.3) is 0 Å². The first-order chi connectivity index (χ1) is 9.99. The van der Waals surface area contributed by atoms with Crippen molar-refractivity contribution in [3.8, 4) is 11.5 Å². The Morgan fingerprint density at radius 3 is 2.76 bits per heavy atom. The number of benzene rings is 1. The number of methoxy groups -OCH3 is 1. The minimum absolute atomic E-state index is 0.00958. The lowest BCUT2D eigenvalue weighted by Crippen LogP contribution is -2.55. The molecule has 0 radical (unpaired) electrons. The minimum Gasteiger partial charge on any atom is -0.493 e. The molecule has 1 aliphatic heterocycles. The molecule has 5 nitrogen and oxygen atoms in total. The van der Waals surface area contributed by atoms with Crippen LogP contribution in [0.15, 0.2) is 18.2 Å². The summed E-state index contributed by atoms with van der Waals surface area (Å²) in [7, 11) is 1.57. The van der Waals surface area contributed by atoms with Crippen LogP contribution in [-0.2, 0) is 4.74 Å². The second-order valence-corrected chi connectivity index (χ2v) is 5.62. The molecule has 1 aromatic carbocycles. The van der Waals surface area contributed by atoms with E-state index < -0.39 is 0 Å². The highest BCUT2D eigenvalue weighted by atomic mass is 16.5. The Kier molecular flexibility index (Phi) is 4.73. The van der Waals surface area contributed by atoms with Crippen molar-refractivity contribution in [2.75, 3.05) is 33.5 Å². The van der Waals surface area contributed by atoms with Crippen LogP contribution in [0, 0.1) is 0 Å². The van der Waals surface area contributed by atoms with Crippen molar-refractivity contribution in [2.45, 2.75) is 26.3 Å². The predicted octanol–water partition coefficient (Wildman–Crippen LogP) is 2.34. The fourth-order valence-electron chi connectivity index (χ4n) is 2.47. The predicted molar refractivity (Wildman–Crippen MR) is 80.1 cm³/mol. The smallest absolute Gasteiger partial charge is 0.254 e. The van der Waals surface area contributed by atoms with E-state index in [2.05, 4.69) is 0 Å². The van der Waals surface area contributed by atoms with Gasteiger partial charge in [-0.15, -0.1) is 0 Å².